The summed E-state index contributed by atoms with van der Waals surface area (Å²) in [7, 11) is 1.49. The second-order valence-electron chi connectivity index (χ2n) is 4.95. The minimum atomic E-state index is -1.06. The number of aryl methyl sites for hydroxylation is 1. The molecule has 0 saturated heterocycles. The van der Waals surface area contributed by atoms with Crippen LogP contribution in [-0.4, -0.2) is 31.0 Å². The van der Waals surface area contributed by atoms with E-state index < -0.39 is 12.6 Å². The van der Waals surface area contributed by atoms with Gasteiger partial charge in [0.25, 0.3) is 0 Å². The van der Waals surface area contributed by atoms with Crippen molar-refractivity contribution in [2.24, 2.45) is 5.10 Å². The number of carbonyl (C=O) groups is 1. The summed E-state index contributed by atoms with van der Waals surface area (Å²) < 4.78 is 11.1. The summed E-state index contributed by atoms with van der Waals surface area (Å²) in [4.78, 5) is 10.6. The van der Waals surface area contributed by atoms with Crippen molar-refractivity contribution >= 4 is 33.8 Å². The zero-order chi connectivity index (χ0) is 17.5. The fraction of sp³-hybridized carbons (Fsp3) is 0.176. The summed E-state index contributed by atoms with van der Waals surface area (Å²) in [5.74, 6) is -0.303. The number of nitrogens with zero attached hydrogens (tertiary/aromatic N) is 1. The van der Waals surface area contributed by atoms with Crippen LogP contribution in [-0.2, 0) is 4.79 Å². The molecule has 0 aliphatic rings. The van der Waals surface area contributed by atoms with Crippen molar-refractivity contribution in [2.75, 3.05) is 19.1 Å². The molecule has 126 valence electrons. The number of hydrogen-bond donors (Lipinski definition) is 2. The van der Waals surface area contributed by atoms with Crippen LogP contribution in [0.15, 0.2) is 46.0 Å². The second kappa shape index (κ2) is 8.35. The quantitative estimate of drug-likeness (QED) is 0.554. The molecule has 0 atom stereocenters. The van der Waals surface area contributed by atoms with Crippen LogP contribution in [0.1, 0.15) is 11.1 Å². The van der Waals surface area contributed by atoms with E-state index >= 15 is 0 Å². The van der Waals surface area contributed by atoms with Gasteiger partial charge in [-0.25, -0.2) is 4.79 Å². The van der Waals surface area contributed by atoms with Gasteiger partial charge in [0, 0.05) is 0 Å². The van der Waals surface area contributed by atoms with Crippen molar-refractivity contribution in [1.82, 2.24) is 0 Å². The third-order valence-corrected chi connectivity index (χ3v) is 3.64. The van der Waals surface area contributed by atoms with Crippen LogP contribution < -0.4 is 14.9 Å². The minimum Gasteiger partial charge on any atom is -0.493 e. The molecule has 2 rings (SSSR count). The molecule has 0 heterocycles. The number of hydrazone groups is 1. The number of carboxylic acids is 1. The number of benzene rings is 2. The molecular weight excluding hydrogens is 376 g/mol. The van der Waals surface area contributed by atoms with Crippen molar-refractivity contribution in [3.8, 4) is 11.5 Å². The molecule has 0 spiro atoms. The lowest BCUT2D eigenvalue weighted by atomic mass is 10.2. The van der Waals surface area contributed by atoms with Crippen LogP contribution >= 0.6 is 15.9 Å². The Morgan fingerprint density at radius 3 is 2.67 bits per heavy atom. The van der Waals surface area contributed by atoms with E-state index in [1.807, 2.05) is 31.2 Å². The number of aliphatic carboxylic acids is 1. The molecule has 0 unspecified atom stereocenters. The van der Waals surface area contributed by atoms with Crippen LogP contribution in [0.3, 0.4) is 0 Å². The van der Waals surface area contributed by atoms with Gasteiger partial charge in [0.15, 0.2) is 18.1 Å². The number of halogens is 1. The second-order valence-corrected chi connectivity index (χ2v) is 5.81. The first-order valence-corrected chi connectivity index (χ1v) is 7.86. The Hall–Kier alpha value is -2.54. The minimum absolute atomic E-state index is 0.337. The van der Waals surface area contributed by atoms with E-state index in [9.17, 15) is 4.79 Å². The Balaban J connectivity index is 2.12. The van der Waals surface area contributed by atoms with Crippen molar-refractivity contribution in [1.29, 1.82) is 0 Å². The van der Waals surface area contributed by atoms with Gasteiger partial charge in [-0.1, -0.05) is 17.7 Å². The van der Waals surface area contributed by atoms with Gasteiger partial charge in [0.2, 0.25) is 0 Å². The van der Waals surface area contributed by atoms with E-state index in [-0.39, 0.29) is 0 Å². The molecule has 2 aromatic rings. The summed E-state index contributed by atoms with van der Waals surface area (Å²) in [6.45, 7) is 1.57. The highest BCUT2D eigenvalue weighted by molar-refractivity contribution is 9.10. The van der Waals surface area contributed by atoms with E-state index in [2.05, 4.69) is 26.5 Å². The van der Waals surface area contributed by atoms with Gasteiger partial charge in [-0.3, -0.25) is 5.43 Å². The number of rotatable bonds is 7. The standard InChI is InChI=1S/C17H17BrN2O4/c1-11-3-5-13(6-4-11)20-19-9-12-7-14(18)17(15(8-12)23-2)24-10-16(21)22/h3-9,20H,10H2,1-2H3,(H,21,22). The molecule has 0 aromatic heterocycles. The number of ether oxygens (including phenoxy) is 2. The van der Waals surface area contributed by atoms with Crippen molar-refractivity contribution in [3.63, 3.8) is 0 Å². The van der Waals surface area contributed by atoms with E-state index in [1.165, 1.54) is 12.7 Å². The molecule has 7 heteroatoms. The maximum Gasteiger partial charge on any atom is 0.341 e. The average molecular weight is 393 g/mol. The molecule has 0 aliphatic carbocycles. The molecule has 0 radical (unpaired) electrons. The largest absolute Gasteiger partial charge is 0.493 e. The highest BCUT2D eigenvalue weighted by Gasteiger charge is 2.12. The number of methoxy groups -OCH3 is 1. The number of carboxylic acid groups (broad SMARTS) is 1. The lowest BCUT2D eigenvalue weighted by Crippen LogP contribution is -2.10. The van der Waals surface area contributed by atoms with Crippen molar-refractivity contribution in [3.05, 3.63) is 52.0 Å². The first-order chi connectivity index (χ1) is 11.5. The molecule has 0 bridgehead atoms. The Morgan fingerprint density at radius 2 is 2.04 bits per heavy atom. The highest BCUT2D eigenvalue weighted by atomic mass is 79.9. The summed E-state index contributed by atoms with van der Waals surface area (Å²) in [5, 5.41) is 12.9. The Kier molecular flexibility index (Phi) is 6.20. The lowest BCUT2D eigenvalue weighted by Gasteiger charge is -2.12. The molecule has 6 nitrogen and oxygen atoms in total. The maximum absolute atomic E-state index is 10.6. The van der Waals surface area contributed by atoms with Crippen LogP contribution in [0, 0.1) is 6.92 Å². The molecule has 0 fully saturated rings. The number of anilines is 1. The van der Waals surface area contributed by atoms with Crippen LogP contribution in [0.4, 0.5) is 5.69 Å². The van der Waals surface area contributed by atoms with Gasteiger partial charge in [0.05, 0.1) is 23.5 Å². The maximum atomic E-state index is 10.6. The van der Waals surface area contributed by atoms with Gasteiger partial charge in [-0.2, -0.15) is 5.10 Å². The Bertz CT molecular complexity index is 745. The first kappa shape index (κ1) is 17.8. The molecule has 0 amide bonds. The molecule has 0 saturated carbocycles. The van der Waals surface area contributed by atoms with Gasteiger partial charge >= 0.3 is 5.97 Å². The highest BCUT2D eigenvalue weighted by Crippen LogP contribution is 2.36. The van der Waals surface area contributed by atoms with E-state index in [0.29, 0.717) is 16.0 Å². The Morgan fingerprint density at radius 1 is 1.33 bits per heavy atom. The Labute approximate surface area is 148 Å². The van der Waals surface area contributed by atoms with Gasteiger partial charge in [-0.15, -0.1) is 0 Å². The smallest absolute Gasteiger partial charge is 0.341 e. The predicted molar refractivity (Wildman–Crippen MR) is 96.2 cm³/mol. The number of hydrogen-bond acceptors (Lipinski definition) is 5. The van der Waals surface area contributed by atoms with Gasteiger partial charge < -0.3 is 14.6 Å². The predicted octanol–water partition coefficient (Wildman–Crippen LogP) is 3.68. The summed E-state index contributed by atoms with van der Waals surface area (Å²) in [6.07, 6.45) is 1.63. The summed E-state index contributed by atoms with van der Waals surface area (Å²) in [6, 6.07) is 11.3. The number of nitrogens with one attached hydrogen (secondary N) is 1. The zero-order valence-electron chi connectivity index (χ0n) is 13.2. The van der Waals surface area contributed by atoms with Crippen molar-refractivity contribution < 1.29 is 19.4 Å². The van der Waals surface area contributed by atoms with Crippen molar-refractivity contribution in [2.45, 2.75) is 6.92 Å². The molecular formula is C17H17BrN2O4. The fourth-order valence-corrected chi connectivity index (χ4v) is 2.47. The van der Waals surface area contributed by atoms with E-state index in [0.717, 1.165) is 11.3 Å². The lowest BCUT2D eigenvalue weighted by molar-refractivity contribution is -0.139. The summed E-state index contributed by atoms with van der Waals surface area (Å²) >= 11 is 3.35. The third kappa shape index (κ3) is 4.99. The van der Waals surface area contributed by atoms with Crippen LogP contribution in [0.5, 0.6) is 11.5 Å². The summed E-state index contributed by atoms with van der Waals surface area (Å²) in [5.41, 5.74) is 5.76. The van der Waals surface area contributed by atoms with Crippen LogP contribution in [0.2, 0.25) is 0 Å². The normalized spacial score (nSPS) is 10.6. The third-order valence-electron chi connectivity index (χ3n) is 3.05. The van der Waals surface area contributed by atoms with Gasteiger partial charge in [-0.05, 0) is 52.7 Å². The zero-order valence-corrected chi connectivity index (χ0v) is 14.8. The topological polar surface area (TPSA) is 80.1 Å². The SMILES string of the molecule is COc1cc(C=NNc2ccc(C)cc2)cc(Br)c1OCC(=O)O. The van der Waals surface area contributed by atoms with Gasteiger partial charge in [0.1, 0.15) is 0 Å². The first-order valence-electron chi connectivity index (χ1n) is 7.07. The molecule has 2 aromatic carbocycles. The van der Waals surface area contributed by atoms with E-state index in [1.54, 1.807) is 18.3 Å². The van der Waals surface area contributed by atoms with Crippen LogP contribution in [0.25, 0.3) is 0 Å². The monoisotopic (exact) mass is 392 g/mol. The molecule has 2 N–H and O–H groups in total. The molecule has 24 heavy (non-hydrogen) atoms. The fourth-order valence-electron chi connectivity index (χ4n) is 1.90. The molecule has 0 aliphatic heterocycles. The van der Waals surface area contributed by atoms with E-state index in [4.69, 9.17) is 14.6 Å². The average Bonchev–Trinajstić information content (AvgIpc) is 2.55.